The Labute approximate surface area is 154 Å². The highest BCUT2D eigenvalue weighted by Crippen LogP contribution is 2.36. The van der Waals surface area contributed by atoms with Gasteiger partial charge in [0, 0.05) is 11.1 Å². The van der Waals surface area contributed by atoms with Crippen LogP contribution in [0.3, 0.4) is 0 Å². The first kappa shape index (κ1) is 16.8. The Morgan fingerprint density at radius 1 is 1.00 bits per heavy atom. The minimum Gasteiger partial charge on any atom is -0.497 e. The Balaban J connectivity index is 1.78. The molecule has 0 amide bonds. The number of ether oxygens (including phenoxy) is 1. The molecule has 0 radical (unpaired) electrons. The average Bonchev–Trinajstić information content (AvgIpc) is 2.66. The molecule has 0 saturated carbocycles. The number of methoxy groups -OCH3 is 1. The number of likely N-dealkylation sites (N-methyl/N-ethyl adjacent to an activating group) is 1. The van der Waals surface area contributed by atoms with Crippen molar-refractivity contribution < 1.29 is 4.74 Å². The van der Waals surface area contributed by atoms with Crippen molar-refractivity contribution >= 4 is 17.0 Å². The van der Waals surface area contributed by atoms with Gasteiger partial charge in [-0.05, 0) is 67.9 Å². The van der Waals surface area contributed by atoms with Crippen molar-refractivity contribution in [1.29, 1.82) is 0 Å². The first-order chi connectivity index (χ1) is 12.7. The van der Waals surface area contributed by atoms with Crippen molar-refractivity contribution in [1.82, 2.24) is 9.88 Å². The molecule has 1 aliphatic carbocycles. The highest BCUT2D eigenvalue weighted by atomic mass is 16.5. The van der Waals surface area contributed by atoms with Gasteiger partial charge in [-0.1, -0.05) is 36.4 Å². The highest BCUT2D eigenvalue weighted by Gasteiger charge is 2.23. The van der Waals surface area contributed by atoms with Gasteiger partial charge in [0.2, 0.25) is 0 Å². The van der Waals surface area contributed by atoms with Crippen LogP contribution in [0.15, 0.2) is 60.2 Å². The molecule has 3 heteroatoms. The molecule has 0 spiro atoms. The third-order valence-corrected chi connectivity index (χ3v) is 5.10. The number of fused-ring (bicyclic) bond motifs is 2. The van der Waals surface area contributed by atoms with E-state index in [2.05, 4.69) is 73.6 Å². The van der Waals surface area contributed by atoms with Crippen LogP contribution in [0.4, 0.5) is 0 Å². The van der Waals surface area contributed by atoms with Gasteiger partial charge in [-0.2, -0.15) is 0 Å². The fraction of sp³-hybridized carbons (Fsp3) is 0.261. The summed E-state index contributed by atoms with van der Waals surface area (Å²) in [6.45, 7) is 0. The lowest BCUT2D eigenvalue weighted by molar-refractivity contribution is 0.330. The average molecular weight is 344 g/mol. The Morgan fingerprint density at radius 3 is 2.65 bits per heavy atom. The number of aromatic nitrogens is 1. The molecule has 2 aromatic carbocycles. The second-order valence-electron chi connectivity index (χ2n) is 7.08. The number of hydrogen-bond donors (Lipinski definition) is 0. The molecule has 0 aliphatic heterocycles. The van der Waals surface area contributed by atoms with Crippen LogP contribution in [0.25, 0.3) is 17.0 Å². The van der Waals surface area contributed by atoms with Crippen LogP contribution in [0.5, 0.6) is 5.75 Å². The van der Waals surface area contributed by atoms with Gasteiger partial charge in [-0.15, -0.1) is 0 Å². The van der Waals surface area contributed by atoms with Gasteiger partial charge >= 0.3 is 0 Å². The van der Waals surface area contributed by atoms with Crippen molar-refractivity contribution in [3.63, 3.8) is 0 Å². The topological polar surface area (TPSA) is 25.4 Å². The van der Waals surface area contributed by atoms with E-state index >= 15 is 0 Å². The Morgan fingerprint density at radius 2 is 1.85 bits per heavy atom. The lowest BCUT2D eigenvalue weighted by atomic mass is 9.87. The molecule has 0 bridgehead atoms. The molecular weight excluding hydrogens is 320 g/mol. The molecule has 0 saturated heterocycles. The molecule has 132 valence electrons. The van der Waals surface area contributed by atoms with Gasteiger partial charge in [0.25, 0.3) is 0 Å². The smallest absolute Gasteiger partial charge is 0.119 e. The summed E-state index contributed by atoms with van der Waals surface area (Å²) in [6.07, 6.45) is 4.35. The van der Waals surface area contributed by atoms with E-state index in [0.717, 1.165) is 24.1 Å². The zero-order valence-electron chi connectivity index (χ0n) is 15.6. The molecule has 3 aromatic rings. The molecule has 1 aromatic heterocycles. The number of aryl methyl sites for hydroxylation is 1. The minimum atomic E-state index is 0.240. The zero-order chi connectivity index (χ0) is 18.1. The molecule has 1 heterocycles. The second-order valence-corrected chi connectivity index (χ2v) is 7.08. The van der Waals surface area contributed by atoms with E-state index in [1.165, 1.54) is 27.8 Å². The van der Waals surface area contributed by atoms with Gasteiger partial charge in [-0.3, -0.25) is 9.88 Å². The van der Waals surface area contributed by atoms with Crippen LogP contribution in [0, 0.1) is 0 Å². The van der Waals surface area contributed by atoms with Gasteiger partial charge in [0.05, 0.1) is 18.7 Å². The number of benzene rings is 2. The predicted molar refractivity (Wildman–Crippen MR) is 107 cm³/mol. The van der Waals surface area contributed by atoms with Gasteiger partial charge in [0.1, 0.15) is 5.75 Å². The minimum absolute atomic E-state index is 0.240. The second kappa shape index (κ2) is 6.93. The highest BCUT2D eigenvalue weighted by molar-refractivity contribution is 5.82. The van der Waals surface area contributed by atoms with Crippen LogP contribution < -0.4 is 4.74 Å². The first-order valence-electron chi connectivity index (χ1n) is 9.05. The van der Waals surface area contributed by atoms with Crippen molar-refractivity contribution in [2.75, 3.05) is 21.2 Å². The molecule has 1 unspecified atom stereocenters. The quantitative estimate of drug-likeness (QED) is 0.675. The molecule has 26 heavy (non-hydrogen) atoms. The van der Waals surface area contributed by atoms with E-state index < -0.39 is 0 Å². The SMILES string of the molecule is COc1cccc(C(C2=Cc3cc4ccccc4nc3CC2)N(C)C)c1. The number of nitrogens with zero attached hydrogens (tertiary/aromatic N) is 2. The third kappa shape index (κ3) is 3.11. The summed E-state index contributed by atoms with van der Waals surface area (Å²) < 4.78 is 5.43. The summed E-state index contributed by atoms with van der Waals surface area (Å²) in [4.78, 5) is 7.15. The van der Waals surface area contributed by atoms with Crippen molar-refractivity contribution in [2.24, 2.45) is 0 Å². The van der Waals surface area contributed by atoms with Crippen LogP contribution in [-0.2, 0) is 6.42 Å². The Kier molecular flexibility index (Phi) is 4.48. The summed E-state index contributed by atoms with van der Waals surface area (Å²) in [6, 6.07) is 19.2. The Bertz CT molecular complexity index is 975. The fourth-order valence-corrected chi connectivity index (χ4v) is 3.90. The summed E-state index contributed by atoms with van der Waals surface area (Å²) >= 11 is 0. The summed E-state index contributed by atoms with van der Waals surface area (Å²) in [7, 11) is 6.00. The fourth-order valence-electron chi connectivity index (χ4n) is 3.90. The standard InChI is InChI=1S/C23H24N2O/c1-25(2)23(17-8-6-9-20(15-17)26-3)18-11-12-22-19(14-18)13-16-7-4-5-10-21(16)24-22/h4-10,13-15,23H,11-12H2,1-3H3. The molecule has 3 nitrogen and oxygen atoms in total. The van der Waals surface area contributed by atoms with Crippen molar-refractivity contribution in [2.45, 2.75) is 18.9 Å². The van der Waals surface area contributed by atoms with Crippen molar-refractivity contribution in [3.05, 3.63) is 77.0 Å². The number of pyridine rings is 1. The molecule has 0 fully saturated rings. The van der Waals surface area contributed by atoms with Crippen LogP contribution >= 0.6 is 0 Å². The van der Waals surface area contributed by atoms with E-state index in [0.29, 0.717) is 0 Å². The lowest BCUT2D eigenvalue weighted by Crippen LogP contribution is -2.23. The zero-order valence-corrected chi connectivity index (χ0v) is 15.6. The van der Waals surface area contributed by atoms with Crippen LogP contribution in [0.1, 0.15) is 29.3 Å². The van der Waals surface area contributed by atoms with Crippen molar-refractivity contribution in [3.8, 4) is 5.75 Å². The van der Waals surface area contributed by atoms with Gasteiger partial charge < -0.3 is 4.74 Å². The lowest BCUT2D eigenvalue weighted by Gasteiger charge is -2.30. The number of para-hydroxylation sites is 1. The van der Waals surface area contributed by atoms with E-state index in [9.17, 15) is 0 Å². The Hall–Kier alpha value is -2.65. The predicted octanol–water partition coefficient (Wildman–Crippen LogP) is 4.88. The largest absolute Gasteiger partial charge is 0.497 e. The molecule has 4 rings (SSSR count). The molecule has 0 N–H and O–H groups in total. The third-order valence-electron chi connectivity index (χ3n) is 5.10. The maximum absolute atomic E-state index is 5.43. The maximum Gasteiger partial charge on any atom is 0.119 e. The van der Waals surface area contributed by atoms with E-state index in [1.54, 1.807) is 7.11 Å². The van der Waals surface area contributed by atoms with E-state index in [-0.39, 0.29) is 6.04 Å². The van der Waals surface area contributed by atoms with E-state index in [4.69, 9.17) is 9.72 Å². The number of rotatable bonds is 4. The molecule has 1 atom stereocenters. The number of hydrogen-bond acceptors (Lipinski definition) is 3. The molecular formula is C23H24N2O. The monoisotopic (exact) mass is 344 g/mol. The van der Waals surface area contributed by atoms with Crippen LogP contribution in [-0.4, -0.2) is 31.1 Å². The van der Waals surface area contributed by atoms with Gasteiger partial charge in [0.15, 0.2) is 0 Å². The van der Waals surface area contributed by atoms with Crippen LogP contribution in [0.2, 0.25) is 0 Å². The van der Waals surface area contributed by atoms with E-state index in [1.807, 2.05) is 6.07 Å². The first-order valence-corrected chi connectivity index (χ1v) is 9.05. The summed E-state index contributed by atoms with van der Waals surface area (Å²) in [5.41, 5.74) is 6.22. The summed E-state index contributed by atoms with van der Waals surface area (Å²) in [5.74, 6) is 0.902. The molecule has 1 aliphatic rings. The maximum atomic E-state index is 5.43. The summed E-state index contributed by atoms with van der Waals surface area (Å²) in [5, 5.41) is 1.20. The van der Waals surface area contributed by atoms with Gasteiger partial charge in [-0.25, -0.2) is 0 Å². The normalized spacial score (nSPS) is 14.8.